The molecule has 0 N–H and O–H groups in total. The zero-order valence-corrected chi connectivity index (χ0v) is 32.3. The lowest BCUT2D eigenvalue weighted by atomic mass is 9.97. The number of nitrogens with zero attached hydrogens (tertiary/aromatic N) is 2. The maximum absolute atomic E-state index is 6.77. The molecular formula is C54H34N2OS. The number of para-hydroxylation sites is 4. The van der Waals surface area contributed by atoms with Crippen molar-refractivity contribution in [2.24, 2.45) is 0 Å². The molecule has 0 saturated carbocycles. The number of aryl methyl sites for hydroxylation is 1. The molecule has 3 nitrogen and oxygen atoms in total. The quantitative estimate of drug-likeness (QED) is 0.175. The lowest BCUT2D eigenvalue weighted by Gasteiger charge is -2.13. The van der Waals surface area contributed by atoms with E-state index < -0.39 is 0 Å². The van der Waals surface area contributed by atoms with Crippen LogP contribution in [0.5, 0.6) is 0 Å². The minimum Gasteiger partial charge on any atom is -0.460 e. The van der Waals surface area contributed by atoms with Crippen LogP contribution in [0.1, 0.15) is 17.7 Å². The summed E-state index contributed by atoms with van der Waals surface area (Å²) >= 11 is 1.87. The third-order valence-corrected chi connectivity index (χ3v) is 13.6. The minimum absolute atomic E-state index is 0.934. The van der Waals surface area contributed by atoms with E-state index in [0.717, 1.165) is 41.1 Å². The molecule has 0 fully saturated rings. The average molecular weight is 759 g/mol. The summed E-state index contributed by atoms with van der Waals surface area (Å²) in [6, 6.07) is 62.6. The summed E-state index contributed by atoms with van der Waals surface area (Å²) in [5.74, 6) is 1.09. The number of aromatic nitrogens is 2. The van der Waals surface area contributed by atoms with Crippen LogP contribution in [0.4, 0.5) is 0 Å². The standard InChI is InChI=1S/C54H34N2OS/c1-2-13-35(14-3-1)55-47-21-8-4-15-37(47)39-27-25-33(29-49(39)55)34-26-28-40-38-16-5-9-22-48(38)56(50(40)30-34)36-31-45-42-18-7-11-24-52(42)58-54(45)46(32-36)44-20-12-19-43-41-17-6-10-23-51(41)57-53(43)44/h1-9,11-22,24-32H,10,23H2. The van der Waals surface area contributed by atoms with Gasteiger partial charge in [-0.1, -0.05) is 127 Å². The van der Waals surface area contributed by atoms with Crippen molar-refractivity contribution >= 4 is 92.2 Å². The molecule has 4 heteroatoms. The molecular weight excluding hydrogens is 725 g/mol. The van der Waals surface area contributed by atoms with Crippen LogP contribution in [0.3, 0.4) is 0 Å². The van der Waals surface area contributed by atoms with Gasteiger partial charge in [-0.2, -0.15) is 0 Å². The molecule has 0 amide bonds. The van der Waals surface area contributed by atoms with E-state index in [-0.39, 0.29) is 0 Å². The predicted octanol–water partition coefficient (Wildman–Crippen LogP) is 15.3. The van der Waals surface area contributed by atoms with E-state index in [4.69, 9.17) is 4.42 Å². The molecule has 0 unspecified atom stereocenters. The van der Waals surface area contributed by atoms with E-state index in [1.807, 2.05) is 11.3 Å². The van der Waals surface area contributed by atoms with Crippen molar-refractivity contribution in [2.75, 3.05) is 0 Å². The van der Waals surface area contributed by atoms with Crippen molar-refractivity contribution in [2.45, 2.75) is 12.8 Å². The lowest BCUT2D eigenvalue weighted by molar-refractivity contribution is 0.547. The van der Waals surface area contributed by atoms with E-state index >= 15 is 0 Å². The van der Waals surface area contributed by atoms with Crippen LogP contribution >= 0.6 is 11.3 Å². The molecule has 13 rings (SSSR count). The van der Waals surface area contributed by atoms with Gasteiger partial charge in [-0.25, -0.2) is 0 Å². The first-order chi connectivity index (χ1) is 28.8. The Balaban J connectivity index is 1.08. The summed E-state index contributed by atoms with van der Waals surface area (Å²) in [5.41, 5.74) is 14.0. The summed E-state index contributed by atoms with van der Waals surface area (Å²) in [6.45, 7) is 0. The Morgan fingerprint density at radius 3 is 1.81 bits per heavy atom. The third-order valence-electron chi connectivity index (χ3n) is 12.4. The molecule has 0 saturated heterocycles. The molecule has 0 atom stereocenters. The minimum atomic E-state index is 0.934. The summed E-state index contributed by atoms with van der Waals surface area (Å²) < 4.78 is 14.2. The second-order valence-corrected chi connectivity index (χ2v) is 16.6. The fourth-order valence-electron chi connectivity index (χ4n) is 9.76. The molecule has 12 aromatic rings. The number of hydrogen-bond donors (Lipinski definition) is 0. The van der Waals surface area contributed by atoms with Crippen LogP contribution in [0.15, 0.2) is 180 Å². The molecule has 1 aliphatic rings. The Kier molecular flexibility index (Phi) is 6.72. The summed E-state index contributed by atoms with van der Waals surface area (Å²) in [5, 5.41) is 8.73. The molecule has 0 spiro atoms. The highest BCUT2D eigenvalue weighted by Gasteiger charge is 2.22. The summed E-state index contributed by atoms with van der Waals surface area (Å²) in [7, 11) is 0. The molecule has 0 aliphatic heterocycles. The van der Waals surface area contributed by atoms with Gasteiger partial charge in [-0.15, -0.1) is 11.3 Å². The van der Waals surface area contributed by atoms with Gasteiger partial charge in [0.25, 0.3) is 0 Å². The topological polar surface area (TPSA) is 23.0 Å². The molecule has 272 valence electrons. The first kappa shape index (κ1) is 32.0. The Labute approximate surface area is 337 Å². The number of furan rings is 1. The lowest BCUT2D eigenvalue weighted by Crippen LogP contribution is -1.95. The van der Waals surface area contributed by atoms with Gasteiger partial charge in [-0.05, 0) is 72.1 Å². The smallest absolute Gasteiger partial charge is 0.142 e. The number of benzene rings is 8. The van der Waals surface area contributed by atoms with Crippen molar-refractivity contribution in [1.82, 2.24) is 9.13 Å². The van der Waals surface area contributed by atoms with Gasteiger partial charge in [0.15, 0.2) is 0 Å². The highest BCUT2D eigenvalue weighted by Crippen LogP contribution is 2.46. The highest BCUT2D eigenvalue weighted by atomic mass is 32.1. The van der Waals surface area contributed by atoms with Gasteiger partial charge in [0.1, 0.15) is 11.3 Å². The molecule has 0 radical (unpaired) electrons. The number of hydrogen-bond acceptors (Lipinski definition) is 2. The van der Waals surface area contributed by atoms with Gasteiger partial charge >= 0.3 is 0 Å². The van der Waals surface area contributed by atoms with E-state index in [2.05, 4.69) is 191 Å². The molecule has 4 heterocycles. The van der Waals surface area contributed by atoms with E-state index in [0.29, 0.717) is 0 Å². The zero-order chi connectivity index (χ0) is 37.9. The van der Waals surface area contributed by atoms with Crippen molar-refractivity contribution in [3.63, 3.8) is 0 Å². The van der Waals surface area contributed by atoms with Crippen LogP contribution in [-0.4, -0.2) is 9.13 Å². The number of thiophene rings is 1. The first-order valence-electron chi connectivity index (χ1n) is 20.1. The predicted molar refractivity (Wildman–Crippen MR) is 246 cm³/mol. The van der Waals surface area contributed by atoms with Crippen LogP contribution in [0.25, 0.3) is 114 Å². The van der Waals surface area contributed by atoms with Gasteiger partial charge in [0.05, 0.1) is 22.1 Å². The van der Waals surface area contributed by atoms with Crippen molar-refractivity contribution in [3.8, 4) is 33.6 Å². The third kappa shape index (κ3) is 4.55. The normalized spacial score (nSPS) is 13.0. The van der Waals surface area contributed by atoms with Gasteiger partial charge in [0.2, 0.25) is 0 Å². The SMILES string of the molecule is C1=Cc2c(oc3c(-c4cc(-n5c6ccccc6c6ccc(-c7ccc8c9ccccc9n(-c9ccccc9)c8c7)cc65)cc5c4sc4ccccc45)cccc23)CC1. The highest BCUT2D eigenvalue weighted by molar-refractivity contribution is 7.26. The Bertz CT molecular complexity index is 3680. The van der Waals surface area contributed by atoms with Gasteiger partial charge in [-0.3, -0.25) is 0 Å². The second kappa shape index (κ2) is 12.2. The molecule has 58 heavy (non-hydrogen) atoms. The van der Waals surface area contributed by atoms with E-state index in [1.165, 1.54) is 91.4 Å². The maximum Gasteiger partial charge on any atom is 0.142 e. The van der Waals surface area contributed by atoms with Crippen LogP contribution < -0.4 is 0 Å². The van der Waals surface area contributed by atoms with Crippen LogP contribution in [-0.2, 0) is 6.42 Å². The van der Waals surface area contributed by atoms with Crippen molar-refractivity contribution in [1.29, 1.82) is 0 Å². The van der Waals surface area contributed by atoms with E-state index in [1.54, 1.807) is 0 Å². The summed E-state index contributed by atoms with van der Waals surface area (Å²) in [6.07, 6.45) is 6.46. The summed E-state index contributed by atoms with van der Waals surface area (Å²) in [4.78, 5) is 0. The number of fused-ring (bicyclic) bond motifs is 12. The van der Waals surface area contributed by atoms with Crippen LogP contribution in [0, 0.1) is 0 Å². The largest absolute Gasteiger partial charge is 0.460 e. The van der Waals surface area contributed by atoms with Crippen LogP contribution in [0.2, 0.25) is 0 Å². The zero-order valence-electron chi connectivity index (χ0n) is 31.4. The fourth-order valence-corrected chi connectivity index (χ4v) is 11.0. The Morgan fingerprint density at radius 1 is 0.448 bits per heavy atom. The van der Waals surface area contributed by atoms with E-state index in [9.17, 15) is 0 Å². The van der Waals surface area contributed by atoms with Crippen molar-refractivity contribution in [3.05, 3.63) is 187 Å². The fraction of sp³-hybridized carbons (Fsp3) is 0.0370. The molecule has 4 aromatic heterocycles. The average Bonchev–Trinajstić information content (AvgIpc) is 4.04. The Hall–Kier alpha value is -7.14. The second-order valence-electron chi connectivity index (χ2n) is 15.5. The van der Waals surface area contributed by atoms with Gasteiger partial charge in [0, 0.05) is 81.6 Å². The molecule has 1 aliphatic carbocycles. The monoisotopic (exact) mass is 758 g/mol. The first-order valence-corrected chi connectivity index (χ1v) is 20.9. The molecule has 0 bridgehead atoms. The Morgan fingerprint density at radius 2 is 1.07 bits per heavy atom. The maximum atomic E-state index is 6.77. The van der Waals surface area contributed by atoms with Gasteiger partial charge < -0.3 is 13.6 Å². The molecule has 8 aromatic carbocycles. The number of allylic oxidation sites excluding steroid dienone is 1. The van der Waals surface area contributed by atoms with Crippen molar-refractivity contribution < 1.29 is 4.42 Å². The number of rotatable bonds is 4.